The topological polar surface area (TPSA) is 52.5 Å². The summed E-state index contributed by atoms with van der Waals surface area (Å²) in [5.41, 5.74) is 0. The van der Waals surface area contributed by atoms with E-state index in [4.69, 9.17) is 0 Å². The molecule has 13 heavy (non-hydrogen) atoms. The molecule has 1 heterocycles. The van der Waals surface area contributed by atoms with Crippen molar-refractivity contribution in [3.8, 4) is 0 Å². The lowest BCUT2D eigenvalue weighted by Gasteiger charge is -2.34. The fraction of sp³-hybridized carbons (Fsp3) is 1.00. The molecule has 3 N–H and O–H groups in total. The molecule has 1 saturated carbocycles. The van der Waals surface area contributed by atoms with E-state index in [0.29, 0.717) is 5.92 Å². The summed E-state index contributed by atoms with van der Waals surface area (Å²) in [6.07, 6.45) is 3.61. The van der Waals surface area contributed by atoms with E-state index in [1.807, 2.05) is 0 Å². The van der Waals surface area contributed by atoms with Crippen LogP contribution in [-0.2, 0) is 0 Å². The van der Waals surface area contributed by atoms with Crippen LogP contribution in [0, 0.1) is 11.8 Å². The molecule has 2 rings (SSSR count). The third kappa shape index (κ3) is 1.87. The highest BCUT2D eigenvalue weighted by Crippen LogP contribution is 2.34. The molecule has 0 radical (unpaired) electrons. The molecule has 1 aliphatic heterocycles. The van der Waals surface area contributed by atoms with Gasteiger partial charge < -0.3 is 15.5 Å². The first kappa shape index (κ1) is 9.44. The van der Waals surface area contributed by atoms with Gasteiger partial charge in [-0.3, -0.25) is 0 Å². The van der Waals surface area contributed by atoms with E-state index in [1.165, 1.54) is 0 Å². The normalized spacial score (nSPS) is 46.6. The Balaban J connectivity index is 1.97. The molecule has 0 spiro atoms. The van der Waals surface area contributed by atoms with Gasteiger partial charge in [-0.25, -0.2) is 0 Å². The van der Waals surface area contributed by atoms with Crippen molar-refractivity contribution in [1.29, 1.82) is 0 Å². The summed E-state index contributed by atoms with van der Waals surface area (Å²) < 4.78 is 0. The number of piperidine rings is 1. The molecule has 0 bridgehead atoms. The van der Waals surface area contributed by atoms with Crippen LogP contribution in [0.1, 0.15) is 25.7 Å². The largest absolute Gasteiger partial charge is 0.393 e. The van der Waals surface area contributed by atoms with Gasteiger partial charge in [0.2, 0.25) is 0 Å². The Hall–Kier alpha value is -0.120. The van der Waals surface area contributed by atoms with Crippen LogP contribution in [0.5, 0.6) is 0 Å². The first-order valence-electron chi connectivity index (χ1n) is 5.36. The van der Waals surface area contributed by atoms with Crippen LogP contribution in [0.25, 0.3) is 0 Å². The SMILES string of the molecule is OC1CCCC1C1CNCCC1O. The molecule has 4 atom stereocenters. The maximum Gasteiger partial charge on any atom is 0.0596 e. The molecule has 0 amide bonds. The number of hydrogen-bond acceptors (Lipinski definition) is 3. The zero-order valence-electron chi connectivity index (χ0n) is 7.95. The molecule has 2 fully saturated rings. The van der Waals surface area contributed by atoms with E-state index in [0.717, 1.165) is 38.8 Å². The summed E-state index contributed by atoms with van der Waals surface area (Å²) in [6, 6.07) is 0. The maximum atomic E-state index is 9.80. The van der Waals surface area contributed by atoms with E-state index in [9.17, 15) is 10.2 Å². The number of aliphatic hydroxyl groups is 2. The fourth-order valence-corrected chi connectivity index (χ4v) is 2.77. The van der Waals surface area contributed by atoms with Crippen LogP contribution in [0.3, 0.4) is 0 Å². The summed E-state index contributed by atoms with van der Waals surface area (Å²) in [5.74, 6) is 0.619. The average molecular weight is 185 g/mol. The van der Waals surface area contributed by atoms with Crippen molar-refractivity contribution in [2.45, 2.75) is 37.9 Å². The summed E-state index contributed by atoms with van der Waals surface area (Å²) in [5, 5.41) is 22.8. The average Bonchev–Trinajstić information content (AvgIpc) is 2.52. The van der Waals surface area contributed by atoms with E-state index < -0.39 is 0 Å². The van der Waals surface area contributed by atoms with Gasteiger partial charge in [-0.1, -0.05) is 6.42 Å². The van der Waals surface area contributed by atoms with Crippen molar-refractivity contribution in [2.75, 3.05) is 13.1 Å². The maximum absolute atomic E-state index is 9.80. The molecular weight excluding hydrogens is 166 g/mol. The summed E-state index contributed by atoms with van der Waals surface area (Å²) in [7, 11) is 0. The Morgan fingerprint density at radius 3 is 2.31 bits per heavy atom. The highest BCUT2D eigenvalue weighted by Gasteiger charge is 2.37. The lowest BCUT2D eigenvalue weighted by atomic mass is 9.82. The summed E-state index contributed by atoms with van der Waals surface area (Å²) >= 11 is 0. The second-order valence-corrected chi connectivity index (χ2v) is 4.39. The third-order valence-corrected chi connectivity index (χ3v) is 3.57. The molecule has 0 aromatic heterocycles. The van der Waals surface area contributed by atoms with Gasteiger partial charge in [0.15, 0.2) is 0 Å². The zero-order valence-corrected chi connectivity index (χ0v) is 7.95. The molecule has 3 nitrogen and oxygen atoms in total. The second kappa shape index (κ2) is 3.95. The Bertz CT molecular complexity index is 174. The molecule has 4 unspecified atom stereocenters. The van der Waals surface area contributed by atoms with Gasteiger partial charge in [0.25, 0.3) is 0 Å². The molecule has 3 heteroatoms. The van der Waals surface area contributed by atoms with E-state index in [-0.39, 0.29) is 18.1 Å². The summed E-state index contributed by atoms with van der Waals surface area (Å²) in [6.45, 7) is 1.80. The fourth-order valence-electron chi connectivity index (χ4n) is 2.77. The number of nitrogens with one attached hydrogen (secondary N) is 1. The van der Waals surface area contributed by atoms with E-state index in [1.54, 1.807) is 0 Å². The van der Waals surface area contributed by atoms with E-state index >= 15 is 0 Å². The van der Waals surface area contributed by atoms with Gasteiger partial charge >= 0.3 is 0 Å². The molecule has 1 aliphatic carbocycles. The van der Waals surface area contributed by atoms with Crippen molar-refractivity contribution >= 4 is 0 Å². The molecule has 76 valence electrons. The molecule has 1 saturated heterocycles. The first-order chi connectivity index (χ1) is 6.29. The Labute approximate surface area is 79.2 Å². The van der Waals surface area contributed by atoms with Crippen LogP contribution in [0.2, 0.25) is 0 Å². The monoisotopic (exact) mass is 185 g/mol. The number of aliphatic hydroxyl groups excluding tert-OH is 2. The number of rotatable bonds is 1. The van der Waals surface area contributed by atoms with Gasteiger partial charge in [0.1, 0.15) is 0 Å². The molecule has 0 aromatic carbocycles. The van der Waals surface area contributed by atoms with Crippen molar-refractivity contribution in [2.24, 2.45) is 11.8 Å². The Morgan fingerprint density at radius 2 is 1.69 bits per heavy atom. The van der Waals surface area contributed by atoms with Crippen LogP contribution in [-0.4, -0.2) is 35.5 Å². The minimum atomic E-state index is -0.195. The standard InChI is InChI=1S/C10H19NO2/c12-9-3-1-2-7(9)8-6-11-5-4-10(8)13/h7-13H,1-6H2. The van der Waals surface area contributed by atoms with Crippen LogP contribution in [0.15, 0.2) is 0 Å². The molecular formula is C10H19NO2. The second-order valence-electron chi connectivity index (χ2n) is 4.39. The highest BCUT2D eigenvalue weighted by atomic mass is 16.3. The van der Waals surface area contributed by atoms with Crippen molar-refractivity contribution in [3.63, 3.8) is 0 Å². The number of hydrogen-bond donors (Lipinski definition) is 3. The van der Waals surface area contributed by atoms with Crippen molar-refractivity contribution in [1.82, 2.24) is 5.32 Å². The van der Waals surface area contributed by atoms with Gasteiger partial charge in [-0.15, -0.1) is 0 Å². The van der Waals surface area contributed by atoms with Crippen LogP contribution < -0.4 is 5.32 Å². The van der Waals surface area contributed by atoms with E-state index in [2.05, 4.69) is 5.32 Å². The predicted octanol–water partition coefficient (Wildman–Crippen LogP) is 0.118. The third-order valence-electron chi connectivity index (χ3n) is 3.57. The van der Waals surface area contributed by atoms with Crippen molar-refractivity contribution in [3.05, 3.63) is 0 Å². The molecule has 0 aromatic rings. The molecule has 2 aliphatic rings. The highest BCUT2D eigenvalue weighted by molar-refractivity contribution is 4.89. The first-order valence-corrected chi connectivity index (χ1v) is 5.36. The zero-order chi connectivity index (χ0) is 9.26. The van der Waals surface area contributed by atoms with Crippen LogP contribution in [0.4, 0.5) is 0 Å². The van der Waals surface area contributed by atoms with Gasteiger partial charge in [-0.05, 0) is 31.7 Å². The Morgan fingerprint density at radius 1 is 0.923 bits per heavy atom. The lowest BCUT2D eigenvalue weighted by molar-refractivity contribution is 0.00599. The summed E-state index contributed by atoms with van der Waals surface area (Å²) in [4.78, 5) is 0. The minimum absolute atomic E-state index is 0.167. The van der Waals surface area contributed by atoms with Crippen LogP contribution >= 0.6 is 0 Å². The van der Waals surface area contributed by atoms with Gasteiger partial charge in [0, 0.05) is 12.5 Å². The Kier molecular flexibility index (Phi) is 2.86. The van der Waals surface area contributed by atoms with Gasteiger partial charge in [0.05, 0.1) is 12.2 Å². The van der Waals surface area contributed by atoms with Gasteiger partial charge in [-0.2, -0.15) is 0 Å². The lowest BCUT2D eigenvalue weighted by Crippen LogP contribution is -2.45. The minimum Gasteiger partial charge on any atom is -0.393 e. The predicted molar refractivity (Wildman–Crippen MR) is 50.3 cm³/mol. The quantitative estimate of drug-likeness (QED) is 0.544. The van der Waals surface area contributed by atoms with Crippen molar-refractivity contribution < 1.29 is 10.2 Å². The smallest absolute Gasteiger partial charge is 0.0596 e.